The fraction of sp³-hybridized carbons (Fsp3) is 0.588. The monoisotopic (exact) mass is 386 g/mol. The maximum absolute atomic E-state index is 13.9. The summed E-state index contributed by atoms with van der Waals surface area (Å²) in [6.45, 7) is 5.96. The molecule has 0 heterocycles. The van der Waals surface area contributed by atoms with Crippen LogP contribution in [0.25, 0.3) is 0 Å². The number of nitrogens with one attached hydrogen (secondary N) is 2. The fourth-order valence-electron chi connectivity index (χ4n) is 2.74. The zero-order valence-corrected chi connectivity index (χ0v) is 15.4. The summed E-state index contributed by atoms with van der Waals surface area (Å²) in [4.78, 5) is 11.9. The van der Waals surface area contributed by atoms with Crippen LogP contribution < -0.4 is 10.6 Å². The van der Waals surface area contributed by atoms with Crippen LogP contribution in [0, 0.1) is 5.82 Å². The Hall–Kier alpha value is -1.14. The smallest absolute Gasteiger partial charge is 0.407 e. The van der Waals surface area contributed by atoms with E-state index in [4.69, 9.17) is 4.74 Å². The highest BCUT2D eigenvalue weighted by Gasteiger charge is 2.29. The maximum Gasteiger partial charge on any atom is 0.407 e. The summed E-state index contributed by atoms with van der Waals surface area (Å²) < 4.78 is 19.9. The van der Waals surface area contributed by atoms with Gasteiger partial charge in [-0.15, -0.1) is 0 Å². The summed E-state index contributed by atoms with van der Waals surface area (Å²) >= 11 is 3.25. The van der Waals surface area contributed by atoms with E-state index in [-0.39, 0.29) is 17.9 Å². The first-order chi connectivity index (χ1) is 10.7. The van der Waals surface area contributed by atoms with Crippen molar-refractivity contribution in [1.29, 1.82) is 0 Å². The van der Waals surface area contributed by atoms with Crippen molar-refractivity contribution < 1.29 is 13.9 Å². The van der Waals surface area contributed by atoms with Crippen LogP contribution in [0.3, 0.4) is 0 Å². The quantitative estimate of drug-likeness (QED) is 0.817. The summed E-state index contributed by atoms with van der Waals surface area (Å²) in [6, 6.07) is 5.19. The molecule has 1 aliphatic rings. The molecular formula is C17H24BrFN2O2. The molecule has 2 rings (SSSR count). The zero-order chi connectivity index (χ0) is 17.0. The predicted molar refractivity (Wildman–Crippen MR) is 91.7 cm³/mol. The predicted octanol–water partition coefficient (Wildman–Crippen LogP) is 4.12. The summed E-state index contributed by atoms with van der Waals surface area (Å²) in [5.41, 5.74) is 0.114. The minimum Gasteiger partial charge on any atom is -0.444 e. The van der Waals surface area contributed by atoms with Gasteiger partial charge in [-0.05, 0) is 52.2 Å². The fourth-order valence-corrected chi connectivity index (χ4v) is 3.08. The molecule has 0 bridgehead atoms. The van der Waals surface area contributed by atoms with Crippen molar-refractivity contribution in [2.45, 2.75) is 64.3 Å². The van der Waals surface area contributed by atoms with Crippen LogP contribution in [-0.2, 0) is 11.3 Å². The van der Waals surface area contributed by atoms with Gasteiger partial charge < -0.3 is 15.4 Å². The van der Waals surface area contributed by atoms with Crippen molar-refractivity contribution in [3.05, 3.63) is 34.1 Å². The average Bonchev–Trinajstić information content (AvgIpc) is 2.82. The van der Waals surface area contributed by atoms with Gasteiger partial charge >= 0.3 is 6.09 Å². The lowest BCUT2D eigenvalue weighted by molar-refractivity contribution is 0.0498. The Kier molecular flexibility index (Phi) is 6.03. The Balaban J connectivity index is 1.88. The van der Waals surface area contributed by atoms with Crippen LogP contribution in [0.1, 0.15) is 45.6 Å². The van der Waals surface area contributed by atoms with Gasteiger partial charge in [0.15, 0.2) is 0 Å². The van der Waals surface area contributed by atoms with E-state index in [1.54, 1.807) is 6.07 Å². The van der Waals surface area contributed by atoms with Crippen LogP contribution in [0.4, 0.5) is 9.18 Å². The highest BCUT2D eigenvalue weighted by molar-refractivity contribution is 9.10. The van der Waals surface area contributed by atoms with Crippen molar-refractivity contribution in [3.63, 3.8) is 0 Å². The largest absolute Gasteiger partial charge is 0.444 e. The molecule has 1 amide bonds. The number of hydrogen-bond acceptors (Lipinski definition) is 3. The molecule has 2 unspecified atom stereocenters. The second kappa shape index (κ2) is 7.62. The molecule has 2 N–H and O–H groups in total. The molecule has 1 fully saturated rings. The Morgan fingerprint density at radius 2 is 2.04 bits per heavy atom. The third kappa shape index (κ3) is 5.77. The van der Waals surface area contributed by atoms with Crippen molar-refractivity contribution in [1.82, 2.24) is 10.6 Å². The molecule has 1 aliphatic carbocycles. The van der Waals surface area contributed by atoms with Gasteiger partial charge in [0.05, 0.1) is 0 Å². The lowest BCUT2D eigenvalue weighted by atomic mass is 10.1. The number of halogens is 2. The summed E-state index contributed by atoms with van der Waals surface area (Å²) in [6.07, 6.45) is 2.49. The molecule has 2 atom stereocenters. The summed E-state index contributed by atoms with van der Waals surface area (Å²) in [7, 11) is 0. The Morgan fingerprint density at radius 3 is 2.70 bits per heavy atom. The number of alkyl carbamates (subject to hydrolysis) is 1. The van der Waals surface area contributed by atoms with E-state index in [1.165, 1.54) is 6.07 Å². The van der Waals surface area contributed by atoms with Crippen LogP contribution >= 0.6 is 15.9 Å². The lowest BCUT2D eigenvalue weighted by Gasteiger charge is -2.25. The van der Waals surface area contributed by atoms with Gasteiger partial charge in [-0.1, -0.05) is 22.0 Å². The van der Waals surface area contributed by atoms with E-state index in [0.717, 1.165) is 23.7 Å². The average molecular weight is 387 g/mol. The van der Waals surface area contributed by atoms with Gasteiger partial charge in [-0.25, -0.2) is 9.18 Å². The summed E-state index contributed by atoms with van der Waals surface area (Å²) in [5.74, 6) is -0.235. The third-order valence-corrected chi connectivity index (χ3v) is 4.28. The second-order valence-corrected chi connectivity index (χ2v) is 7.82. The van der Waals surface area contributed by atoms with Gasteiger partial charge in [0.25, 0.3) is 0 Å². The van der Waals surface area contributed by atoms with E-state index in [0.29, 0.717) is 12.1 Å². The Bertz CT molecular complexity index is 560. The van der Waals surface area contributed by atoms with E-state index >= 15 is 0 Å². The molecule has 0 aliphatic heterocycles. The minimum atomic E-state index is -0.508. The molecular weight excluding hydrogens is 363 g/mol. The number of hydrogen-bond donors (Lipinski definition) is 2. The molecule has 0 saturated heterocycles. The summed E-state index contributed by atoms with van der Waals surface area (Å²) in [5, 5.41) is 6.27. The topological polar surface area (TPSA) is 50.4 Å². The van der Waals surface area contributed by atoms with E-state index in [9.17, 15) is 9.18 Å². The molecule has 1 saturated carbocycles. The molecule has 128 valence electrons. The van der Waals surface area contributed by atoms with E-state index < -0.39 is 11.7 Å². The molecule has 0 radical (unpaired) electrons. The molecule has 23 heavy (non-hydrogen) atoms. The van der Waals surface area contributed by atoms with Crippen molar-refractivity contribution in [3.8, 4) is 0 Å². The van der Waals surface area contributed by atoms with Crippen molar-refractivity contribution >= 4 is 22.0 Å². The standard InChI is InChI=1S/C17H24BrFN2O2/c1-17(2,3)23-16(22)21-15-6-4-5-14(15)20-10-11-7-8-12(18)9-13(11)19/h7-9,14-15,20H,4-6,10H2,1-3H3,(H,21,22). The third-order valence-electron chi connectivity index (χ3n) is 3.79. The molecule has 0 aromatic heterocycles. The molecule has 1 aromatic rings. The first-order valence-electron chi connectivity index (χ1n) is 7.91. The van der Waals surface area contributed by atoms with Crippen LogP contribution in [0.15, 0.2) is 22.7 Å². The van der Waals surface area contributed by atoms with Gasteiger partial charge in [0, 0.05) is 28.7 Å². The number of ether oxygens (including phenoxy) is 1. The molecule has 4 nitrogen and oxygen atoms in total. The van der Waals surface area contributed by atoms with E-state index in [2.05, 4.69) is 26.6 Å². The second-order valence-electron chi connectivity index (χ2n) is 6.91. The SMILES string of the molecule is CC(C)(C)OC(=O)NC1CCCC1NCc1ccc(Br)cc1F. The molecule has 0 spiro atoms. The van der Waals surface area contributed by atoms with Gasteiger partial charge in [0.1, 0.15) is 11.4 Å². The van der Waals surface area contributed by atoms with Gasteiger partial charge in [-0.2, -0.15) is 0 Å². The van der Waals surface area contributed by atoms with Crippen LogP contribution in [0.5, 0.6) is 0 Å². The highest BCUT2D eigenvalue weighted by atomic mass is 79.9. The maximum atomic E-state index is 13.9. The van der Waals surface area contributed by atoms with E-state index in [1.807, 2.05) is 26.8 Å². The molecule has 1 aromatic carbocycles. The number of rotatable bonds is 4. The number of carbonyl (C=O) groups excluding carboxylic acids is 1. The number of benzene rings is 1. The Morgan fingerprint density at radius 1 is 1.35 bits per heavy atom. The lowest BCUT2D eigenvalue weighted by Crippen LogP contribution is -2.47. The highest BCUT2D eigenvalue weighted by Crippen LogP contribution is 2.21. The van der Waals surface area contributed by atoms with Crippen molar-refractivity contribution in [2.24, 2.45) is 0 Å². The number of amides is 1. The normalized spacial score (nSPS) is 21.3. The van der Waals surface area contributed by atoms with Crippen LogP contribution in [-0.4, -0.2) is 23.8 Å². The van der Waals surface area contributed by atoms with Crippen LogP contribution in [0.2, 0.25) is 0 Å². The van der Waals surface area contributed by atoms with Crippen molar-refractivity contribution in [2.75, 3.05) is 0 Å². The first-order valence-corrected chi connectivity index (χ1v) is 8.71. The molecule has 6 heteroatoms. The minimum absolute atomic E-state index is 0.0170. The first kappa shape index (κ1) is 18.2. The van der Waals surface area contributed by atoms with Gasteiger partial charge in [-0.3, -0.25) is 0 Å². The zero-order valence-electron chi connectivity index (χ0n) is 13.8. The number of carbonyl (C=O) groups is 1. The van der Waals surface area contributed by atoms with Gasteiger partial charge in [0.2, 0.25) is 0 Å². The Labute approximate surface area is 145 Å².